The van der Waals surface area contributed by atoms with Crippen LogP contribution < -0.4 is 22.1 Å². The van der Waals surface area contributed by atoms with Gasteiger partial charge in [0.2, 0.25) is 0 Å². The van der Waals surface area contributed by atoms with Crippen molar-refractivity contribution in [2.75, 3.05) is 5.32 Å². The van der Waals surface area contributed by atoms with Crippen molar-refractivity contribution in [2.24, 2.45) is 11.5 Å². The number of benzene rings is 3. The molecule has 4 rings (SSSR count). The van der Waals surface area contributed by atoms with E-state index in [-0.39, 0.29) is 23.7 Å². The van der Waals surface area contributed by atoms with Crippen molar-refractivity contribution < 1.29 is 9.18 Å². The Hall–Kier alpha value is -4.06. The number of halogens is 1. The number of carbonyl (C=O) groups excluding carboxylic acids is 1. The van der Waals surface area contributed by atoms with Crippen LogP contribution in [0.3, 0.4) is 0 Å². The molecule has 3 aromatic carbocycles. The lowest BCUT2D eigenvalue weighted by molar-refractivity contribution is 0.0950. The molecule has 2 atom stereocenters. The second-order valence-corrected chi connectivity index (χ2v) is 7.79. The van der Waals surface area contributed by atoms with Gasteiger partial charge in [-0.2, -0.15) is 0 Å². The first-order valence-electron chi connectivity index (χ1n) is 10.4. The zero-order chi connectivity index (χ0) is 22.5. The molecule has 0 heterocycles. The molecule has 3 aromatic rings. The van der Waals surface area contributed by atoms with Gasteiger partial charge in [-0.25, -0.2) is 4.39 Å². The van der Waals surface area contributed by atoms with E-state index >= 15 is 0 Å². The number of nitrogens with two attached hydrogens (primary N) is 2. The van der Waals surface area contributed by atoms with Gasteiger partial charge in [0.15, 0.2) is 0 Å². The third-order valence-electron chi connectivity index (χ3n) is 5.37. The molecule has 1 fully saturated rings. The maximum Gasteiger partial charge on any atom is 0.251 e. The monoisotopic (exact) mass is 428 g/mol. The molecule has 0 spiro atoms. The molecule has 2 unspecified atom stereocenters. The van der Waals surface area contributed by atoms with Crippen LogP contribution in [0.25, 0.3) is 5.70 Å². The highest BCUT2D eigenvalue weighted by Crippen LogP contribution is 2.40. The maximum absolute atomic E-state index is 13.1. The number of nitrogens with one attached hydrogen (secondary N) is 2. The van der Waals surface area contributed by atoms with Crippen LogP contribution in [0.5, 0.6) is 0 Å². The zero-order valence-electron chi connectivity index (χ0n) is 17.5. The van der Waals surface area contributed by atoms with Crippen molar-refractivity contribution in [3.8, 4) is 0 Å². The van der Waals surface area contributed by atoms with Gasteiger partial charge in [0.05, 0.1) is 0 Å². The van der Waals surface area contributed by atoms with Crippen LogP contribution in [0, 0.1) is 5.82 Å². The first kappa shape index (κ1) is 21.2. The van der Waals surface area contributed by atoms with Gasteiger partial charge in [0.25, 0.3) is 5.91 Å². The van der Waals surface area contributed by atoms with E-state index in [0.717, 1.165) is 17.5 Å². The summed E-state index contributed by atoms with van der Waals surface area (Å²) in [4.78, 5) is 12.7. The van der Waals surface area contributed by atoms with E-state index < -0.39 is 0 Å². The van der Waals surface area contributed by atoms with Crippen LogP contribution in [0.4, 0.5) is 10.1 Å². The Morgan fingerprint density at radius 3 is 2.38 bits per heavy atom. The predicted molar refractivity (Wildman–Crippen MR) is 126 cm³/mol. The van der Waals surface area contributed by atoms with Crippen LogP contribution in [0.1, 0.15) is 33.8 Å². The average molecular weight is 429 g/mol. The molecule has 0 aliphatic heterocycles. The van der Waals surface area contributed by atoms with E-state index in [1.54, 1.807) is 42.5 Å². The van der Waals surface area contributed by atoms with Gasteiger partial charge >= 0.3 is 0 Å². The third kappa shape index (κ3) is 5.35. The predicted octanol–water partition coefficient (Wildman–Crippen LogP) is 4.32. The number of anilines is 1. The fourth-order valence-corrected chi connectivity index (χ4v) is 3.54. The van der Waals surface area contributed by atoms with Gasteiger partial charge in [0.1, 0.15) is 11.6 Å². The molecule has 1 aliphatic rings. The van der Waals surface area contributed by atoms with E-state index in [1.807, 2.05) is 36.4 Å². The Morgan fingerprint density at radius 1 is 0.906 bits per heavy atom. The largest absolute Gasteiger partial charge is 0.398 e. The standard InChI is InChI=1S/C26H25FN4O/c27-20-11-9-17(10-12-20)22-16-24(22)31-26(32)19-7-4-8-21(15-19)30-25(29)14-13-23(28)18-5-2-1-3-6-18/h1-15,22,24,30H,16,28-29H2,(H,31,32)/b23-13-,25-14+. The molecule has 162 valence electrons. The van der Waals surface area contributed by atoms with Gasteiger partial charge in [-0.15, -0.1) is 0 Å². The third-order valence-corrected chi connectivity index (χ3v) is 5.37. The summed E-state index contributed by atoms with van der Waals surface area (Å²) in [5.74, 6) is 0.214. The van der Waals surface area contributed by atoms with Crippen molar-refractivity contribution in [1.29, 1.82) is 0 Å². The number of amides is 1. The number of carbonyl (C=O) groups is 1. The minimum atomic E-state index is -0.258. The van der Waals surface area contributed by atoms with E-state index in [4.69, 9.17) is 11.5 Å². The molecular formula is C26H25FN4O. The van der Waals surface area contributed by atoms with Crippen LogP contribution in [-0.4, -0.2) is 11.9 Å². The number of hydrogen-bond donors (Lipinski definition) is 4. The van der Waals surface area contributed by atoms with Gasteiger partial charge in [-0.1, -0.05) is 48.5 Å². The topological polar surface area (TPSA) is 93.2 Å². The first-order valence-corrected chi connectivity index (χ1v) is 10.4. The van der Waals surface area contributed by atoms with Crippen LogP contribution in [0.2, 0.25) is 0 Å². The van der Waals surface area contributed by atoms with E-state index in [2.05, 4.69) is 10.6 Å². The highest BCUT2D eigenvalue weighted by Gasteiger charge is 2.39. The Morgan fingerprint density at radius 2 is 1.62 bits per heavy atom. The van der Waals surface area contributed by atoms with Crippen LogP contribution in [0.15, 0.2) is 96.8 Å². The fourth-order valence-electron chi connectivity index (χ4n) is 3.54. The summed E-state index contributed by atoms with van der Waals surface area (Å²) in [6.45, 7) is 0. The van der Waals surface area contributed by atoms with Gasteiger partial charge in [-0.05, 0) is 60.0 Å². The van der Waals surface area contributed by atoms with Crippen molar-refractivity contribution in [2.45, 2.75) is 18.4 Å². The van der Waals surface area contributed by atoms with Crippen LogP contribution >= 0.6 is 0 Å². The quantitative estimate of drug-likeness (QED) is 0.422. The minimum Gasteiger partial charge on any atom is -0.398 e. The average Bonchev–Trinajstić information content (AvgIpc) is 3.57. The van der Waals surface area contributed by atoms with Crippen molar-refractivity contribution in [1.82, 2.24) is 5.32 Å². The summed E-state index contributed by atoms with van der Waals surface area (Å²) in [5.41, 5.74) is 15.9. The van der Waals surface area contributed by atoms with Crippen molar-refractivity contribution in [3.05, 3.63) is 119 Å². The number of rotatable bonds is 7. The number of allylic oxidation sites excluding steroid dienone is 2. The molecule has 0 bridgehead atoms. The molecule has 6 N–H and O–H groups in total. The van der Waals surface area contributed by atoms with Gasteiger partial charge in [-0.3, -0.25) is 4.79 Å². The zero-order valence-corrected chi connectivity index (χ0v) is 17.5. The molecular weight excluding hydrogens is 403 g/mol. The molecule has 32 heavy (non-hydrogen) atoms. The Kier molecular flexibility index (Phi) is 6.22. The number of hydrogen-bond acceptors (Lipinski definition) is 4. The molecule has 1 aliphatic carbocycles. The lowest BCUT2D eigenvalue weighted by atomic mass is 10.1. The lowest BCUT2D eigenvalue weighted by Crippen LogP contribution is -2.26. The second-order valence-electron chi connectivity index (χ2n) is 7.79. The summed E-state index contributed by atoms with van der Waals surface area (Å²) < 4.78 is 13.1. The van der Waals surface area contributed by atoms with E-state index in [9.17, 15) is 9.18 Å². The van der Waals surface area contributed by atoms with Gasteiger partial charge in [0, 0.05) is 28.9 Å². The molecule has 0 saturated heterocycles. The maximum atomic E-state index is 13.1. The molecule has 0 radical (unpaired) electrons. The minimum absolute atomic E-state index is 0.0561. The molecule has 1 amide bonds. The first-order chi connectivity index (χ1) is 15.5. The SMILES string of the molecule is N/C(=C\C=C(/N)Nc1cccc(C(=O)NC2CC2c2ccc(F)cc2)c1)c1ccccc1. The Bertz CT molecular complexity index is 1160. The molecule has 1 saturated carbocycles. The summed E-state index contributed by atoms with van der Waals surface area (Å²) in [6.07, 6.45) is 4.27. The fraction of sp³-hybridized carbons (Fsp3) is 0.115. The molecule has 5 nitrogen and oxygen atoms in total. The molecule has 0 aromatic heterocycles. The van der Waals surface area contributed by atoms with Crippen molar-refractivity contribution >= 4 is 17.3 Å². The highest BCUT2D eigenvalue weighted by atomic mass is 19.1. The van der Waals surface area contributed by atoms with Crippen molar-refractivity contribution in [3.63, 3.8) is 0 Å². The van der Waals surface area contributed by atoms with Crippen LogP contribution in [-0.2, 0) is 0 Å². The van der Waals surface area contributed by atoms with E-state index in [0.29, 0.717) is 22.8 Å². The molecule has 6 heteroatoms. The summed E-state index contributed by atoms with van der Waals surface area (Å²) in [6, 6.07) is 23.2. The highest BCUT2D eigenvalue weighted by molar-refractivity contribution is 5.95. The smallest absolute Gasteiger partial charge is 0.251 e. The Labute approximate surface area is 186 Å². The normalized spacial score (nSPS) is 18.2. The summed E-state index contributed by atoms with van der Waals surface area (Å²) in [5, 5.41) is 6.12. The Balaban J connectivity index is 1.36. The summed E-state index contributed by atoms with van der Waals surface area (Å²) in [7, 11) is 0. The lowest BCUT2D eigenvalue weighted by Gasteiger charge is -2.09. The van der Waals surface area contributed by atoms with Gasteiger partial charge < -0.3 is 22.1 Å². The summed E-state index contributed by atoms with van der Waals surface area (Å²) >= 11 is 0. The van der Waals surface area contributed by atoms with E-state index in [1.165, 1.54) is 12.1 Å². The second kappa shape index (κ2) is 9.39.